The van der Waals surface area contributed by atoms with Gasteiger partial charge in [-0.25, -0.2) is 0 Å². The Bertz CT molecular complexity index is 147. The van der Waals surface area contributed by atoms with Crippen molar-refractivity contribution in [2.24, 2.45) is 0 Å². The highest BCUT2D eigenvalue weighted by molar-refractivity contribution is 4.70. The van der Waals surface area contributed by atoms with Crippen molar-refractivity contribution in [3.63, 3.8) is 0 Å². The lowest BCUT2D eigenvalue weighted by molar-refractivity contribution is 0.0157. The molecule has 0 aromatic rings. The first-order valence-corrected chi connectivity index (χ1v) is 6.38. The third-order valence-corrected chi connectivity index (χ3v) is 2.85. The maximum atomic E-state index is 5.67. The fraction of sp³-hybridized carbons (Fsp3) is 1.00. The molecule has 3 heteroatoms. The molecule has 0 bridgehead atoms. The van der Waals surface area contributed by atoms with E-state index in [2.05, 4.69) is 24.5 Å². The number of rotatable bonds is 7. The summed E-state index contributed by atoms with van der Waals surface area (Å²) in [5.74, 6) is 0. The van der Waals surface area contributed by atoms with Gasteiger partial charge in [-0.1, -0.05) is 6.92 Å². The number of nitrogens with one attached hydrogen (secondary N) is 2. The normalized spacial score (nSPS) is 24.0. The zero-order valence-corrected chi connectivity index (χ0v) is 10.2. The zero-order chi connectivity index (χ0) is 10.9. The Morgan fingerprint density at radius 3 is 2.93 bits per heavy atom. The molecule has 0 saturated carbocycles. The summed E-state index contributed by atoms with van der Waals surface area (Å²) in [6, 6.07) is 0.544. The maximum absolute atomic E-state index is 5.67. The van der Waals surface area contributed by atoms with Crippen molar-refractivity contribution in [3.05, 3.63) is 0 Å². The van der Waals surface area contributed by atoms with E-state index in [4.69, 9.17) is 4.74 Å². The van der Waals surface area contributed by atoms with E-state index in [1.807, 2.05) is 0 Å². The molecular weight excluding hydrogens is 188 g/mol. The summed E-state index contributed by atoms with van der Waals surface area (Å²) in [6.45, 7) is 8.56. The summed E-state index contributed by atoms with van der Waals surface area (Å²) < 4.78 is 5.67. The average molecular weight is 214 g/mol. The molecule has 15 heavy (non-hydrogen) atoms. The van der Waals surface area contributed by atoms with E-state index in [9.17, 15) is 0 Å². The number of hydrogen-bond acceptors (Lipinski definition) is 3. The minimum absolute atomic E-state index is 0.451. The van der Waals surface area contributed by atoms with Crippen LogP contribution in [0.3, 0.4) is 0 Å². The number of ether oxygens (including phenoxy) is 1. The summed E-state index contributed by atoms with van der Waals surface area (Å²) >= 11 is 0. The Kier molecular flexibility index (Phi) is 6.98. The van der Waals surface area contributed by atoms with Crippen molar-refractivity contribution in [1.82, 2.24) is 10.6 Å². The highest BCUT2D eigenvalue weighted by Gasteiger charge is 2.13. The summed E-state index contributed by atoms with van der Waals surface area (Å²) in [5, 5.41) is 6.94. The van der Waals surface area contributed by atoms with Crippen LogP contribution in [0.25, 0.3) is 0 Å². The Labute approximate surface area is 94.0 Å². The van der Waals surface area contributed by atoms with Gasteiger partial charge >= 0.3 is 0 Å². The molecular formula is C12H26N2O. The molecule has 0 aromatic carbocycles. The molecule has 2 N–H and O–H groups in total. The van der Waals surface area contributed by atoms with Crippen LogP contribution in [0.4, 0.5) is 0 Å². The van der Waals surface area contributed by atoms with Crippen molar-refractivity contribution in [1.29, 1.82) is 0 Å². The minimum Gasteiger partial charge on any atom is -0.377 e. The quantitative estimate of drug-likeness (QED) is 0.631. The maximum Gasteiger partial charge on any atom is 0.0699 e. The van der Waals surface area contributed by atoms with Crippen molar-refractivity contribution >= 4 is 0 Å². The van der Waals surface area contributed by atoms with Crippen molar-refractivity contribution in [2.75, 3.05) is 26.2 Å². The van der Waals surface area contributed by atoms with Crippen LogP contribution in [0.5, 0.6) is 0 Å². The molecule has 1 heterocycles. The molecule has 1 aliphatic heterocycles. The van der Waals surface area contributed by atoms with E-state index in [0.717, 1.165) is 26.2 Å². The molecule has 1 rings (SSSR count). The van der Waals surface area contributed by atoms with Gasteiger partial charge in [0.2, 0.25) is 0 Å². The van der Waals surface area contributed by atoms with Gasteiger partial charge < -0.3 is 15.4 Å². The van der Waals surface area contributed by atoms with Crippen LogP contribution >= 0.6 is 0 Å². The fourth-order valence-electron chi connectivity index (χ4n) is 1.87. The van der Waals surface area contributed by atoms with Crippen LogP contribution in [0.1, 0.15) is 39.5 Å². The van der Waals surface area contributed by atoms with E-state index in [0.29, 0.717) is 12.1 Å². The highest BCUT2D eigenvalue weighted by atomic mass is 16.5. The predicted molar refractivity (Wildman–Crippen MR) is 64.2 cm³/mol. The van der Waals surface area contributed by atoms with E-state index in [1.54, 1.807) is 0 Å². The van der Waals surface area contributed by atoms with Gasteiger partial charge in [-0.05, 0) is 39.2 Å². The molecule has 3 nitrogen and oxygen atoms in total. The van der Waals surface area contributed by atoms with Gasteiger partial charge in [0.25, 0.3) is 0 Å². The molecule has 2 atom stereocenters. The summed E-state index contributed by atoms with van der Waals surface area (Å²) in [4.78, 5) is 0. The highest BCUT2D eigenvalue weighted by Crippen LogP contribution is 2.11. The van der Waals surface area contributed by atoms with Crippen LogP contribution in [-0.4, -0.2) is 38.4 Å². The second-order valence-electron chi connectivity index (χ2n) is 4.50. The summed E-state index contributed by atoms with van der Waals surface area (Å²) in [7, 11) is 0. The first-order valence-electron chi connectivity index (χ1n) is 6.38. The summed E-state index contributed by atoms with van der Waals surface area (Å²) in [5.41, 5.74) is 0. The third-order valence-electron chi connectivity index (χ3n) is 2.85. The largest absolute Gasteiger partial charge is 0.377 e. The zero-order valence-electron chi connectivity index (χ0n) is 10.2. The van der Waals surface area contributed by atoms with Crippen molar-refractivity contribution in [3.8, 4) is 0 Å². The van der Waals surface area contributed by atoms with Crippen LogP contribution in [0, 0.1) is 0 Å². The van der Waals surface area contributed by atoms with E-state index >= 15 is 0 Å². The molecule has 90 valence electrons. The summed E-state index contributed by atoms with van der Waals surface area (Å²) in [6.07, 6.45) is 5.45. The molecule has 0 aromatic heterocycles. The standard InChI is InChI=1S/C12H26N2O/c1-3-7-13-9-11(2)14-10-12-6-4-5-8-15-12/h11-14H,3-10H2,1-2H3. The van der Waals surface area contributed by atoms with E-state index in [1.165, 1.54) is 25.7 Å². The Morgan fingerprint density at radius 2 is 2.27 bits per heavy atom. The van der Waals surface area contributed by atoms with Crippen LogP contribution in [0.2, 0.25) is 0 Å². The van der Waals surface area contributed by atoms with Gasteiger partial charge in [0.1, 0.15) is 0 Å². The van der Waals surface area contributed by atoms with Gasteiger partial charge in [-0.2, -0.15) is 0 Å². The Balaban J connectivity index is 1.97. The molecule has 0 radical (unpaired) electrons. The van der Waals surface area contributed by atoms with Gasteiger partial charge in [0, 0.05) is 25.7 Å². The first-order chi connectivity index (χ1) is 7.33. The van der Waals surface area contributed by atoms with Crippen LogP contribution in [0.15, 0.2) is 0 Å². The molecule has 0 spiro atoms. The minimum atomic E-state index is 0.451. The lowest BCUT2D eigenvalue weighted by atomic mass is 10.1. The fourth-order valence-corrected chi connectivity index (χ4v) is 1.87. The molecule has 2 unspecified atom stereocenters. The second-order valence-corrected chi connectivity index (χ2v) is 4.50. The predicted octanol–water partition coefficient (Wildman–Crippen LogP) is 1.53. The topological polar surface area (TPSA) is 33.3 Å². The van der Waals surface area contributed by atoms with Gasteiger partial charge in [0.05, 0.1) is 6.10 Å². The van der Waals surface area contributed by atoms with Crippen molar-refractivity contribution in [2.45, 2.75) is 51.7 Å². The average Bonchev–Trinajstić information content (AvgIpc) is 2.28. The van der Waals surface area contributed by atoms with Crippen LogP contribution < -0.4 is 10.6 Å². The Morgan fingerprint density at radius 1 is 1.40 bits per heavy atom. The van der Waals surface area contributed by atoms with E-state index in [-0.39, 0.29) is 0 Å². The molecule has 1 saturated heterocycles. The molecule has 0 aliphatic carbocycles. The monoisotopic (exact) mass is 214 g/mol. The van der Waals surface area contributed by atoms with Gasteiger partial charge in [-0.3, -0.25) is 0 Å². The lowest BCUT2D eigenvalue weighted by Crippen LogP contribution is -2.41. The molecule has 0 amide bonds. The van der Waals surface area contributed by atoms with Gasteiger partial charge in [0.15, 0.2) is 0 Å². The third kappa shape index (κ3) is 6.13. The molecule has 1 fully saturated rings. The van der Waals surface area contributed by atoms with E-state index < -0.39 is 0 Å². The first kappa shape index (κ1) is 12.9. The lowest BCUT2D eigenvalue weighted by Gasteiger charge is -2.24. The van der Waals surface area contributed by atoms with Crippen LogP contribution in [-0.2, 0) is 4.74 Å². The molecule has 1 aliphatic rings. The SMILES string of the molecule is CCCNCC(C)NCC1CCCCO1. The second kappa shape index (κ2) is 8.08. The van der Waals surface area contributed by atoms with Gasteiger partial charge in [-0.15, -0.1) is 0 Å². The Hall–Kier alpha value is -0.120. The smallest absolute Gasteiger partial charge is 0.0699 e. The van der Waals surface area contributed by atoms with Crippen molar-refractivity contribution < 1.29 is 4.74 Å². The number of hydrogen-bond donors (Lipinski definition) is 2.